The van der Waals surface area contributed by atoms with Gasteiger partial charge in [-0.15, -0.1) is 0 Å². The van der Waals surface area contributed by atoms with Crippen LogP contribution >= 0.6 is 0 Å². The molecule has 11 rings (SSSR count). The monoisotopic (exact) mass is 755 g/mol. The van der Waals surface area contributed by atoms with Crippen molar-refractivity contribution in [3.8, 4) is 78.8 Å². The molecule has 0 aliphatic carbocycles. The minimum absolute atomic E-state index is 0.624. The van der Waals surface area contributed by atoms with Crippen LogP contribution in [0.3, 0.4) is 0 Å². The molecule has 59 heavy (non-hydrogen) atoms. The largest absolute Gasteiger partial charge is 0.454 e. The van der Waals surface area contributed by atoms with E-state index in [-0.39, 0.29) is 0 Å². The van der Waals surface area contributed by atoms with Gasteiger partial charge >= 0.3 is 0 Å². The van der Waals surface area contributed by atoms with Gasteiger partial charge in [-0.05, 0) is 57.6 Å². The molecule has 6 nitrogen and oxygen atoms in total. The number of pyridine rings is 2. The Bertz CT molecular complexity index is 3290. The molecule has 11 aromatic rings. The minimum Gasteiger partial charge on any atom is -0.454 e. The normalized spacial score (nSPS) is 11.4. The van der Waals surface area contributed by atoms with Crippen molar-refractivity contribution in [2.45, 2.75) is 0 Å². The molecule has 0 aliphatic heterocycles. The van der Waals surface area contributed by atoms with Gasteiger partial charge in [0.1, 0.15) is 5.58 Å². The first-order valence-corrected chi connectivity index (χ1v) is 19.6. The van der Waals surface area contributed by atoms with Gasteiger partial charge in [0.25, 0.3) is 0 Å². The predicted octanol–water partition coefficient (Wildman–Crippen LogP) is 13.4. The molecule has 7 aromatic carbocycles. The van der Waals surface area contributed by atoms with Crippen LogP contribution in [0.4, 0.5) is 0 Å². The highest BCUT2D eigenvalue weighted by molar-refractivity contribution is 6.14. The first-order valence-electron chi connectivity index (χ1n) is 19.6. The second kappa shape index (κ2) is 14.4. The molecular weight excluding hydrogens is 723 g/mol. The van der Waals surface area contributed by atoms with Crippen LogP contribution in [-0.2, 0) is 0 Å². The summed E-state index contributed by atoms with van der Waals surface area (Å²) in [4.78, 5) is 24.4. The van der Waals surface area contributed by atoms with Crippen molar-refractivity contribution in [1.82, 2.24) is 24.9 Å². The lowest BCUT2D eigenvalue weighted by molar-refractivity contribution is 0.670. The average Bonchev–Trinajstić information content (AvgIpc) is 3.71. The lowest BCUT2D eigenvalue weighted by Gasteiger charge is -2.10. The number of aromatic nitrogens is 5. The molecule has 4 heterocycles. The molecule has 0 bridgehead atoms. The third-order valence-corrected chi connectivity index (χ3v) is 10.9. The van der Waals surface area contributed by atoms with E-state index in [0.717, 1.165) is 88.6 Å². The van der Waals surface area contributed by atoms with E-state index < -0.39 is 0 Å². The minimum atomic E-state index is 0.624. The van der Waals surface area contributed by atoms with Crippen molar-refractivity contribution in [1.29, 1.82) is 0 Å². The Labute approximate surface area is 340 Å². The fourth-order valence-electron chi connectivity index (χ4n) is 7.74. The van der Waals surface area contributed by atoms with E-state index in [1.54, 1.807) is 0 Å². The van der Waals surface area contributed by atoms with Crippen LogP contribution in [0, 0.1) is 0 Å². The second-order valence-corrected chi connectivity index (χ2v) is 14.5. The smallest absolute Gasteiger partial charge is 0.164 e. The Balaban J connectivity index is 0.870. The molecule has 0 radical (unpaired) electrons. The van der Waals surface area contributed by atoms with Crippen LogP contribution in [0.2, 0.25) is 0 Å². The third-order valence-electron chi connectivity index (χ3n) is 10.9. The van der Waals surface area contributed by atoms with Crippen LogP contribution in [0.1, 0.15) is 0 Å². The summed E-state index contributed by atoms with van der Waals surface area (Å²) < 4.78 is 6.25. The SMILES string of the molecule is c1ccc(-c2ccc(-c3nc(-c4ccccc4)nc(-c4cccc(-c5ccc(-c6ccc(-c7cc8c(cn7)oc7c9ccccc9ncc87)cc6)cc5)c4)n3)cc2)cc1. The molecule has 276 valence electrons. The molecule has 0 N–H and O–H groups in total. The standard InChI is InChI=1S/C53H33N5O/c1-3-10-34(11-4-1)35-24-28-41(29-25-35)52-56-51(40-12-5-2-6-13-40)57-53(58-52)43-15-9-14-42(30-43)38-20-18-36(19-21-38)37-22-26-39(27-23-37)48-31-45-46-32-54-47-17-8-7-16-44(47)50(46)59-49(45)33-55-48/h1-33H. The summed E-state index contributed by atoms with van der Waals surface area (Å²) >= 11 is 0. The number of furan rings is 1. The predicted molar refractivity (Wildman–Crippen MR) is 238 cm³/mol. The third kappa shape index (κ3) is 6.49. The topological polar surface area (TPSA) is 77.6 Å². The summed E-state index contributed by atoms with van der Waals surface area (Å²) in [6, 6.07) is 64.6. The highest BCUT2D eigenvalue weighted by atomic mass is 16.3. The average molecular weight is 756 g/mol. The molecule has 6 heteroatoms. The van der Waals surface area contributed by atoms with Gasteiger partial charge in [0.15, 0.2) is 23.1 Å². The maximum Gasteiger partial charge on any atom is 0.164 e. The highest BCUT2D eigenvalue weighted by Crippen LogP contribution is 2.36. The van der Waals surface area contributed by atoms with Crippen molar-refractivity contribution in [2.24, 2.45) is 0 Å². The Morgan fingerprint density at radius 3 is 1.44 bits per heavy atom. The van der Waals surface area contributed by atoms with Crippen LogP contribution in [0.15, 0.2) is 205 Å². The van der Waals surface area contributed by atoms with E-state index >= 15 is 0 Å². The van der Waals surface area contributed by atoms with Gasteiger partial charge in [0.2, 0.25) is 0 Å². The number of fused-ring (bicyclic) bond motifs is 5. The van der Waals surface area contributed by atoms with Crippen LogP contribution in [0.5, 0.6) is 0 Å². The summed E-state index contributed by atoms with van der Waals surface area (Å²) in [5.41, 5.74) is 14.0. The number of benzene rings is 7. The number of rotatable bonds is 7. The maximum absolute atomic E-state index is 6.25. The van der Waals surface area contributed by atoms with E-state index in [1.807, 2.05) is 73.1 Å². The fourth-order valence-corrected chi connectivity index (χ4v) is 7.74. The Kier molecular flexibility index (Phi) is 8.37. The van der Waals surface area contributed by atoms with Gasteiger partial charge in [0.05, 0.1) is 17.4 Å². The number of para-hydroxylation sites is 1. The summed E-state index contributed by atoms with van der Waals surface area (Å²) in [6.07, 6.45) is 3.71. The van der Waals surface area contributed by atoms with Crippen molar-refractivity contribution < 1.29 is 4.42 Å². The summed E-state index contributed by atoms with van der Waals surface area (Å²) in [7, 11) is 0. The van der Waals surface area contributed by atoms with Crippen molar-refractivity contribution in [3.63, 3.8) is 0 Å². The lowest BCUT2D eigenvalue weighted by Crippen LogP contribution is -2.00. The van der Waals surface area contributed by atoms with Crippen molar-refractivity contribution >= 4 is 32.8 Å². The zero-order valence-corrected chi connectivity index (χ0v) is 31.7. The van der Waals surface area contributed by atoms with Gasteiger partial charge in [-0.3, -0.25) is 9.97 Å². The van der Waals surface area contributed by atoms with Gasteiger partial charge in [-0.25, -0.2) is 15.0 Å². The second-order valence-electron chi connectivity index (χ2n) is 14.5. The Hall–Kier alpha value is -8.09. The molecular formula is C53H33N5O. The molecule has 0 fully saturated rings. The molecule has 0 atom stereocenters. The van der Waals surface area contributed by atoms with Crippen molar-refractivity contribution in [2.75, 3.05) is 0 Å². The zero-order chi connectivity index (χ0) is 39.1. The van der Waals surface area contributed by atoms with Gasteiger partial charge in [-0.1, -0.05) is 164 Å². The highest BCUT2D eigenvalue weighted by Gasteiger charge is 2.15. The molecule has 0 spiro atoms. The van der Waals surface area contributed by atoms with Crippen molar-refractivity contribution in [3.05, 3.63) is 200 Å². The van der Waals surface area contributed by atoms with Gasteiger partial charge in [-0.2, -0.15) is 0 Å². The van der Waals surface area contributed by atoms with E-state index in [9.17, 15) is 0 Å². The number of hydrogen-bond donors (Lipinski definition) is 0. The fraction of sp³-hybridized carbons (Fsp3) is 0. The van der Waals surface area contributed by atoms with E-state index in [4.69, 9.17) is 24.4 Å². The summed E-state index contributed by atoms with van der Waals surface area (Å²) in [5, 5.41) is 3.00. The Morgan fingerprint density at radius 1 is 0.305 bits per heavy atom. The van der Waals surface area contributed by atoms with Gasteiger partial charge in [0, 0.05) is 44.6 Å². The molecule has 4 aromatic heterocycles. The maximum atomic E-state index is 6.25. The molecule has 0 saturated carbocycles. The van der Waals surface area contributed by atoms with E-state index in [2.05, 4.69) is 132 Å². The zero-order valence-electron chi connectivity index (χ0n) is 31.7. The quantitative estimate of drug-likeness (QED) is 0.161. The van der Waals surface area contributed by atoms with Crippen LogP contribution < -0.4 is 0 Å². The first kappa shape index (κ1) is 34.2. The molecule has 0 saturated heterocycles. The van der Waals surface area contributed by atoms with Crippen LogP contribution in [0.25, 0.3) is 112 Å². The van der Waals surface area contributed by atoms with E-state index in [1.165, 1.54) is 5.56 Å². The molecule has 0 unspecified atom stereocenters. The summed E-state index contributed by atoms with van der Waals surface area (Å²) in [6.45, 7) is 0. The number of nitrogens with zero attached hydrogens (tertiary/aromatic N) is 5. The first-order chi connectivity index (χ1) is 29.2. The van der Waals surface area contributed by atoms with Crippen LogP contribution in [-0.4, -0.2) is 24.9 Å². The van der Waals surface area contributed by atoms with Gasteiger partial charge < -0.3 is 4.42 Å². The number of hydrogen-bond acceptors (Lipinski definition) is 6. The lowest BCUT2D eigenvalue weighted by atomic mass is 9.98. The molecule has 0 aliphatic rings. The summed E-state index contributed by atoms with van der Waals surface area (Å²) in [5.74, 6) is 1.89. The molecule has 0 amide bonds. The van der Waals surface area contributed by atoms with E-state index in [0.29, 0.717) is 17.5 Å². The Morgan fingerprint density at radius 2 is 0.780 bits per heavy atom.